The third-order valence-electron chi connectivity index (χ3n) is 1.50. The second-order valence-electron chi connectivity index (χ2n) is 2.47. The minimum Gasteiger partial charge on any atom is -0.481 e. The van der Waals surface area contributed by atoms with Gasteiger partial charge in [-0.1, -0.05) is 13.3 Å². The summed E-state index contributed by atoms with van der Waals surface area (Å²) in [6.07, 6.45) is 0.604. The van der Waals surface area contributed by atoms with Crippen molar-refractivity contribution in [3.63, 3.8) is 0 Å². The van der Waals surface area contributed by atoms with Gasteiger partial charge in [-0.25, -0.2) is 0 Å². The molecule has 3 heteroatoms. The van der Waals surface area contributed by atoms with Gasteiger partial charge in [0.1, 0.15) is 0 Å². The van der Waals surface area contributed by atoms with Crippen LogP contribution >= 0.6 is 0 Å². The molecule has 0 aliphatic carbocycles. The van der Waals surface area contributed by atoms with Crippen molar-refractivity contribution < 1.29 is 15.0 Å². The predicted molar refractivity (Wildman–Crippen MR) is 37.7 cm³/mol. The van der Waals surface area contributed by atoms with E-state index in [0.717, 1.165) is 6.42 Å². The molecule has 2 N–H and O–H groups in total. The number of carbonyl (C=O) groups is 1. The van der Waals surface area contributed by atoms with E-state index in [0.29, 0.717) is 6.42 Å². The van der Waals surface area contributed by atoms with Crippen LogP contribution in [0.1, 0.15) is 26.7 Å². The summed E-state index contributed by atoms with van der Waals surface area (Å²) in [5, 5.41) is 17.4. The smallest absolute Gasteiger partial charge is 0.309 e. The molecule has 0 saturated carbocycles. The Kier molecular flexibility index (Phi) is 4.03. The maximum Gasteiger partial charge on any atom is 0.309 e. The topological polar surface area (TPSA) is 57.5 Å². The fourth-order valence-corrected chi connectivity index (χ4v) is 0.882. The van der Waals surface area contributed by atoms with Crippen molar-refractivity contribution in [2.75, 3.05) is 0 Å². The Bertz CT molecular complexity index is 109. The molecule has 0 fully saturated rings. The highest BCUT2D eigenvalue weighted by molar-refractivity contribution is 5.70. The lowest BCUT2D eigenvalue weighted by molar-refractivity contribution is -0.145. The second kappa shape index (κ2) is 4.28. The molecule has 0 aromatic heterocycles. The normalized spacial score (nSPS) is 16.3. The maximum atomic E-state index is 10.4. The Hall–Kier alpha value is -0.570. The number of rotatable bonds is 4. The van der Waals surface area contributed by atoms with E-state index < -0.39 is 18.0 Å². The van der Waals surface area contributed by atoms with E-state index in [1.165, 1.54) is 6.92 Å². The SMILES string of the molecule is CCC[C@H](C(=O)O)[C@H](C)O. The fourth-order valence-electron chi connectivity index (χ4n) is 0.882. The molecule has 0 amide bonds. The van der Waals surface area contributed by atoms with Gasteiger partial charge in [0, 0.05) is 0 Å². The number of hydrogen-bond acceptors (Lipinski definition) is 2. The molecule has 60 valence electrons. The lowest BCUT2D eigenvalue weighted by Crippen LogP contribution is -2.25. The first-order valence-electron chi connectivity index (χ1n) is 3.50. The summed E-state index contributed by atoms with van der Waals surface area (Å²) >= 11 is 0. The maximum absolute atomic E-state index is 10.4. The fraction of sp³-hybridized carbons (Fsp3) is 0.857. The van der Waals surface area contributed by atoms with Crippen LogP contribution in [0, 0.1) is 5.92 Å². The van der Waals surface area contributed by atoms with Crippen LogP contribution in [0.25, 0.3) is 0 Å². The predicted octanol–water partition coefficient (Wildman–Crippen LogP) is 0.868. The molecule has 0 aliphatic rings. The van der Waals surface area contributed by atoms with Crippen molar-refractivity contribution in [3.8, 4) is 0 Å². The first-order valence-corrected chi connectivity index (χ1v) is 3.50. The second-order valence-corrected chi connectivity index (χ2v) is 2.47. The number of carboxylic acid groups (broad SMARTS) is 1. The molecule has 0 aromatic carbocycles. The summed E-state index contributed by atoms with van der Waals surface area (Å²) < 4.78 is 0. The molecule has 3 nitrogen and oxygen atoms in total. The first kappa shape index (κ1) is 9.43. The van der Waals surface area contributed by atoms with Crippen LogP contribution in [0.3, 0.4) is 0 Å². The van der Waals surface area contributed by atoms with Crippen molar-refractivity contribution in [1.29, 1.82) is 0 Å². The third-order valence-corrected chi connectivity index (χ3v) is 1.50. The number of carboxylic acids is 1. The molecule has 0 aromatic rings. The van der Waals surface area contributed by atoms with E-state index in [1.54, 1.807) is 0 Å². The minimum atomic E-state index is -0.906. The number of hydrogen-bond donors (Lipinski definition) is 2. The van der Waals surface area contributed by atoms with Gasteiger partial charge in [-0.05, 0) is 13.3 Å². The van der Waals surface area contributed by atoms with Crippen LogP contribution in [-0.4, -0.2) is 22.3 Å². The molecule has 10 heavy (non-hydrogen) atoms. The van der Waals surface area contributed by atoms with Gasteiger partial charge in [-0.3, -0.25) is 4.79 Å². The van der Waals surface area contributed by atoms with Gasteiger partial charge in [-0.2, -0.15) is 0 Å². The average molecular weight is 146 g/mol. The molecule has 0 saturated heterocycles. The minimum absolute atomic E-state index is 0.549. The highest BCUT2D eigenvalue weighted by atomic mass is 16.4. The largest absolute Gasteiger partial charge is 0.481 e. The molecular weight excluding hydrogens is 132 g/mol. The average Bonchev–Trinajstić information content (AvgIpc) is 1.81. The van der Waals surface area contributed by atoms with Crippen molar-refractivity contribution >= 4 is 5.97 Å². The standard InChI is InChI=1S/C7H14O3/c1-3-4-6(5(2)8)7(9)10/h5-6,8H,3-4H2,1-2H3,(H,9,10)/t5-,6-/m0/s1. The van der Waals surface area contributed by atoms with Crippen LogP contribution in [0.15, 0.2) is 0 Å². The Morgan fingerprint density at radius 2 is 2.10 bits per heavy atom. The highest BCUT2D eigenvalue weighted by Crippen LogP contribution is 2.10. The van der Waals surface area contributed by atoms with E-state index in [2.05, 4.69) is 0 Å². The first-order chi connectivity index (χ1) is 4.59. The van der Waals surface area contributed by atoms with E-state index in [1.807, 2.05) is 6.92 Å². The van der Waals surface area contributed by atoms with Crippen LogP contribution in [0.4, 0.5) is 0 Å². The molecule has 0 rings (SSSR count). The van der Waals surface area contributed by atoms with Crippen LogP contribution in [-0.2, 0) is 4.79 Å². The molecule has 0 radical (unpaired) electrons. The quantitative estimate of drug-likeness (QED) is 0.618. The van der Waals surface area contributed by atoms with Crippen molar-refractivity contribution in [3.05, 3.63) is 0 Å². The van der Waals surface area contributed by atoms with Gasteiger partial charge in [0.2, 0.25) is 0 Å². The molecule has 0 spiro atoms. The Morgan fingerprint density at radius 3 is 2.20 bits per heavy atom. The lowest BCUT2D eigenvalue weighted by Gasteiger charge is -2.12. The summed E-state index contributed by atoms with van der Waals surface area (Å²) in [6.45, 7) is 3.41. The zero-order valence-electron chi connectivity index (χ0n) is 6.37. The van der Waals surface area contributed by atoms with Crippen LogP contribution in [0.2, 0.25) is 0 Å². The molecule has 0 heterocycles. The van der Waals surface area contributed by atoms with E-state index in [4.69, 9.17) is 10.2 Å². The molecular formula is C7H14O3. The molecule has 0 unspecified atom stereocenters. The van der Waals surface area contributed by atoms with Crippen LogP contribution in [0.5, 0.6) is 0 Å². The summed E-state index contributed by atoms with van der Waals surface area (Å²) in [4.78, 5) is 10.4. The van der Waals surface area contributed by atoms with Gasteiger partial charge >= 0.3 is 5.97 Å². The Morgan fingerprint density at radius 1 is 1.60 bits per heavy atom. The van der Waals surface area contributed by atoms with Gasteiger partial charge < -0.3 is 10.2 Å². The van der Waals surface area contributed by atoms with Gasteiger partial charge in [-0.15, -0.1) is 0 Å². The zero-order valence-corrected chi connectivity index (χ0v) is 6.37. The van der Waals surface area contributed by atoms with Gasteiger partial charge in [0.25, 0.3) is 0 Å². The van der Waals surface area contributed by atoms with Gasteiger partial charge in [0.05, 0.1) is 12.0 Å². The van der Waals surface area contributed by atoms with Crippen molar-refractivity contribution in [2.24, 2.45) is 5.92 Å². The van der Waals surface area contributed by atoms with E-state index >= 15 is 0 Å². The van der Waals surface area contributed by atoms with Crippen LogP contribution < -0.4 is 0 Å². The summed E-state index contributed by atoms with van der Waals surface area (Å²) in [5.41, 5.74) is 0. The molecule has 0 aliphatic heterocycles. The number of aliphatic hydroxyl groups excluding tert-OH is 1. The van der Waals surface area contributed by atoms with Crippen molar-refractivity contribution in [2.45, 2.75) is 32.8 Å². The summed E-state index contributed by atoms with van der Waals surface area (Å²) in [5.74, 6) is -1.50. The highest BCUT2D eigenvalue weighted by Gasteiger charge is 2.21. The Labute approximate surface area is 60.7 Å². The zero-order chi connectivity index (χ0) is 8.15. The molecule has 2 atom stereocenters. The number of aliphatic carboxylic acids is 1. The van der Waals surface area contributed by atoms with Gasteiger partial charge in [0.15, 0.2) is 0 Å². The van der Waals surface area contributed by atoms with E-state index in [9.17, 15) is 4.79 Å². The number of aliphatic hydroxyl groups is 1. The third kappa shape index (κ3) is 2.82. The van der Waals surface area contributed by atoms with E-state index in [-0.39, 0.29) is 0 Å². The van der Waals surface area contributed by atoms with Crippen molar-refractivity contribution in [1.82, 2.24) is 0 Å². The lowest BCUT2D eigenvalue weighted by atomic mass is 9.99. The summed E-state index contributed by atoms with van der Waals surface area (Å²) in [6, 6.07) is 0. The Balaban J connectivity index is 3.85. The molecule has 0 bridgehead atoms. The monoisotopic (exact) mass is 146 g/mol. The summed E-state index contributed by atoms with van der Waals surface area (Å²) in [7, 11) is 0.